The Bertz CT molecular complexity index is 606. The highest BCUT2D eigenvalue weighted by molar-refractivity contribution is 9.10. The van der Waals surface area contributed by atoms with Crippen LogP contribution in [0, 0.1) is 0 Å². The highest BCUT2D eigenvalue weighted by Gasteiger charge is 2.33. The molecule has 0 bridgehead atoms. The molecule has 0 unspecified atom stereocenters. The molecule has 102 valence electrons. The second-order valence-electron chi connectivity index (χ2n) is 3.92. The second-order valence-corrected chi connectivity index (χ2v) is 4.78. The highest BCUT2D eigenvalue weighted by atomic mass is 79.9. The molecule has 19 heavy (non-hydrogen) atoms. The minimum atomic E-state index is -4.42. The molecule has 4 nitrogen and oxygen atoms in total. The minimum Gasteiger partial charge on any atom is -0.394 e. The molecule has 2 rings (SSSR count). The van der Waals surface area contributed by atoms with Crippen LogP contribution < -0.4 is 11.1 Å². The summed E-state index contributed by atoms with van der Waals surface area (Å²) in [6.07, 6.45) is -2.86. The van der Waals surface area contributed by atoms with Gasteiger partial charge in [0, 0.05) is 23.4 Å². The fraction of sp³-hybridized carbons (Fsp3) is 0.182. The number of nitrogen functional groups attached to an aromatic ring is 1. The van der Waals surface area contributed by atoms with Gasteiger partial charge in [-0.15, -0.1) is 0 Å². The van der Waals surface area contributed by atoms with Gasteiger partial charge >= 0.3 is 6.18 Å². The van der Waals surface area contributed by atoms with Crippen molar-refractivity contribution in [1.82, 2.24) is 9.78 Å². The monoisotopic (exact) mass is 334 g/mol. The van der Waals surface area contributed by atoms with Crippen molar-refractivity contribution in [1.29, 1.82) is 0 Å². The fourth-order valence-corrected chi connectivity index (χ4v) is 2.03. The van der Waals surface area contributed by atoms with Crippen molar-refractivity contribution in [3.63, 3.8) is 0 Å². The lowest BCUT2D eigenvalue weighted by Crippen LogP contribution is -2.07. The smallest absolute Gasteiger partial charge is 0.394 e. The van der Waals surface area contributed by atoms with E-state index in [1.807, 2.05) is 0 Å². The number of hydrogen-bond acceptors (Lipinski definition) is 3. The molecule has 0 aliphatic heterocycles. The normalized spacial score (nSPS) is 11.6. The van der Waals surface area contributed by atoms with Crippen LogP contribution in [-0.2, 0) is 13.2 Å². The average molecular weight is 335 g/mol. The number of anilines is 3. The lowest BCUT2D eigenvalue weighted by atomic mass is 10.2. The van der Waals surface area contributed by atoms with Gasteiger partial charge < -0.3 is 11.1 Å². The summed E-state index contributed by atoms with van der Waals surface area (Å²) >= 11 is 2.88. The van der Waals surface area contributed by atoms with Crippen LogP contribution in [-0.4, -0.2) is 9.78 Å². The van der Waals surface area contributed by atoms with Crippen LogP contribution in [0.25, 0.3) is 0 Å². The van der Waals surface area contributed by atoms with Gasteiger partial charge in [0.15, 0.2) is 5.82 Å². The molecule has 0 atom stereocenters. The Morgan fingerprint density at radius 1 is 1.37 bits per heavy atom. The molecule has 0 aliphatic carbocycles. The van der Waals surface area contributed by atoms with Gasteiger partial charge in [0.1, 0.15) is 0 Å². The lowest BCUT2D eigenvalue weighted by molar-refractivity contribution is -0.138. The first-order chi connectivity index (χ1) is 8.77. The average Bonchev–Trinajstić information content (AvgIpc) is 2.58. The van der Waals surface area contributed by atoms with Gasteiger partial charge in [0.25, 0.3) is 0 Å². The standard InChI is InChI=1S/C11H10BrF3N4/c1-19-5-9(16)10(18-19)17-6-2-3-8(12)7(4-6)11(13,14)15/h2-5H,16H2,1H3,(H,17,18). The Morgan fingerprint density at radius 3 is 2.58 bits per heavy atom. The highest BCUT2D eigenvalue weighted by Crippen LogP contribution is 2.37. The third-order valence-corrected chi connectivity index (χ3v) is 3.08. The largest absolute Gasteiger partial charge is 0.417 e. The second kappa shape index (κ2) is 4.76. The maximum absolute atomic E-state index is 12.7. The van der Waals surface area contributed by atoms with E-state index in [0.717, 1.165) is 6.07 Å². The number of nitrogens with zero attached hydrogens (tertiary/aromatic N) is 2. The number of alkyl halides is 3. The molecule has 0 saturated carbocycles. The molecule has 2 aromatic rings. The van der Waals surface area contributed by atoms with Crippen molar-refractivity contribution < 1.29 is 13.2 Å². The van der Waals surface area contributed by atoms with Crippen LogP contribution >= 0.6 is 15.9 Å². The quantitative estimate of drug-likeness (QED) is 0.883. The first kappa shape index (κ1) is 13.7. The number of benzene rings is 1. The van der Waals surface area contributed by atoms with Crippen LogP contribution in [0.2, 0.25) is 0 Å². The van der Waals surface area contributed by atoms with Crippen LogP contribution in [0.3, 0.4) is 0 Å². The minimum absolute atomic E-state index is 0.0143. The van der Waals surface area contributed by atoms with E-state index >= 15 is 0 Å². The van der Waals surface area contributed by atoms with E-state index in [1.54, 1.807) is 13.2 Å². The maximum Gasteiger partial charge on any atom is 0.417 e. The van der Waals surface area contributed by atoms with Crippen molar-refractivity contribution in [2.75, 3.05) is 11.1 Å². The summed E-state index contributed by atoms with van der Waals surface area (Å²) in [6.45, 7) is 0. The molecule has 0 fully saturated rings. The number of aryl methyl sites for hydroxylation is 1. The van der Waals surface area contributed by atoms with Crippen LogP contribution in [0.4, 0.5) is 30.4 Å². The maximum atomic E-state index is 12.7. The molecule has 3 N–H and O–H groups in total. The van der Waals surface area contributed by atoms with Gasteiger partial charge in [-0.1, -0.05) is 15.9 Å². The number of rotatable bonds is 2. The van der Waals surface area contributed by atoms with Crippen molar-refractivity contribution >= 4 is 33.1 Å². The molecular formula is C11H10BrF3N4. The topological polar surface area (TPSA) is 55.9 Å². The molecule has 1 aromatic carbocycles. The van der Waals surface area contributed by atoms with Gasteiger partial charge in [-0.05, 0) is 18.2 Å². The summed E-state index contributed by atoms with van der Waals surface area (Å²) in [5, 5.41) is 6.76. The summed E-state index contributed by atoms with van der Waals surface area (Å²) in [4.78, 5) is 0. The zero-order chi connectivity index (χ0) is 14.2. The third-order valence-electron chi connectivity index (χ3n) is 2.39. The predicted molar refractivity (Wildman–Crippen MR) is 70.0 cm³/mol. The van der Waals surface area contributed by atoms with Crippen molar-refractivity contribution in [2.45, 2.75) is 6.18 Å². The van der Waals surface area contributed by atoms with E-state index in [9.17, 15) is 13.2 Å². The number of nitrogens with two attached hydrogens (primary N) is 1. The van der Waals surface area contributed by atoms with E-state index in [0.29, 0.717) is 11.5 Å². The van der Waals surface area contributed by atoms with Crippen molar-refractivity contribution in [3.8, 4) is 0 Å². The van der Waals surface area contributed by atoms with E-state index in [-0.39, 0.29) is 10.2 Å². The summed E-state index contributed by atoms with van der Waals surface area (Å²) in [5.41, 5.74) is 5.53. The van der Waals surface area contributed by atoms with Crippen molar-refractivity contribution in [2.24, 2.45) is 7.05 Å². The van der Waals surface area contributed by atoms with Gasteiger partial charge in [-0.25, -0.2) is 0 Å². The van der Waals surface area contributed by atoms with E-state index in [1.165, 1.54) is 16.8 Å². The van der Waals surface area contributed by atoms with Gasteiger partial charge in [-0.3, -0.25) is 4.68 Å². The van der Waals surface area contributed by atoms with E-state index in [2.05, 4.69) is 26.3 Å². The van der Waals surface area contributed by atoms with E-state index < -0.39 is 11.7 Å². The SMILES string of the molecule is Cn1cc(N)c(Nc2ccc(Br)c(C(F)(F)F)c2)n1. The molecule has 0 radical (unpaired) electrons. The third kappa shape index (κ3) is 3.01. The number of aromatic nitrogens is 2. The Balaban J connectivity index is 2.34. The zero-order valence-corrected chi connectivity index (χ0v) is 11.4. The Hall–Kier alpha value is -1.70. The van der Waals surface area contributed by atoms with Gasteiger partial charge in [-0.2, -0.15) is 18.3 Å². The molecule has 0 spiro atoms. The zero-order valence-electron chi connectivity index (χ0n) is 9.79. The molecule has 1 heterocycles. The first-order valence-electron chi connectivity index (χ1n) is 5.20. The molecular weight excluding hydrogens is 325 g/mol. The van der Waals surface area contributed by atoms with E-state index in [4.69, 9.17) is 5.73 Å². The number of nitrogens with one attached hydrogen (secondary N) is 1. The van der Waals surface area contributed by atoms with Gasteiger partial charge in [0.2, 0.25) is 0 Å². The summed E-state index contributed by atoms with van der Waals surface area (Å²) < 4.78 is 39.7. The van der Waals surface area contributed by atoms with Gasteiger partial charge in [0.05, 0.1) is 11.3 Å². The summed E-state index contributed by atoms with van der Waals surface area (Å²) in [7, 11) is 1.67. The van der Waals surface area contributed by atoms with Crippen molar-refractivity contribution in [3.05, 3.63) is 34.4 Å². The van der Waals surface area contributed by atoms with Crippen LogP contribution in [0.5, 0.6) is 0 Å². The molecule has 0 amide bonds. The predicted octanol–water partition coefficient (Wildman–Crippen LogP) is 3.53. The number of hydrogen-bond donors (Lipinski definition) is 2. The van der Waals surface area contributed by atoms with Crippen LogP contribution in [0.15, 0.2) is 28.9 Å². The fourth-order valence-electron chi connectivity index (χ4n) is 1.56. The Morgan fingerprint density at radius 2 is 2.05 bits per heavy atom. The first-order valence-corrected chi connectivity index (χ1v) is 5.99. The number of halogens is 4. The molecule has 0 saturated heterocycles. The lowest BCUT2D eigenvalue weighted by Gasteiger charge is -2.11. The molecule has 8 heteroatoms. The Kier molecular flexibility index (Phi) is 3.44. The summed E-state index contributed by atoms with van der Waals surface area (Å²) in [6, 6.07) is 3.83. The summed E-state index contributed by atoms with van der Waals surface area (Å²) in [5.74, 6) is 0.318. The Labute approximate surface area is 115 Å². The van der Waals surface area contributed by atoms with Crippen LogP contribution in [0.1, 0.15) is 5.56 Å². The molecule has 0 aliphatic rings. The molecule has 1 aromatic heterocycles.